The second kappa shape index (κ2) is 3.84. The minimum Gasteiger partial charge on any atom is -0.390 e. The third-order valence-electron chi connectivity index (χ3n) is 2.61. The van der Waals surface area contributed by atoms with Crippen LogP contribution in [0.2, 0.25) is 0 Å². The average Bonchev–Trinajstić information content (AvgIpc) is 2.54. The number of aromatic nitrogens is 2. The van der Waals surface area contributed by atoms with E-state index in [4.69, 9.17) is 4.74 Å². The lowest BCUT2D eigenvalue weighted by Crippen LogP contribution is -2.39. The van der Waals surface area contributed by atoms with Crippen LogP contribution in [0.3, 0.4) is 0 Å². The van der Waals surface area contributed by atoms with E-state index in [1.807, 2.05) is 0 Å². The number of hydrogen-bond acceptors (Lipinski definition) is 4. The van der Waals surface area contributed by atoms with E-state index >= 15 is 0 Å². The van der Waals surface area contributed by atoms with Crippen molar-refractivity contribution in [3.63, 3.8) is 0 Å². The van der Waals surface area contributed by atoms with Gasteiger partial charge in [0.1, 0.15) is 6.23 Å². The summed E-state index contributed by atoms with van der Waals surface area (Å²) in [6.45, 7) is 1.61. The molecule has 1 aromatic heterocycles. The maximum atomic E-state index is 13.0. The van der Waals surface area contributed by atoms with E-state index in [1.165, 1.54) is 0 Å². The fraction of sp³-hybridized carbons (Fsp3) is 0.556. The maximum absolute atomic E-state index is 13.0. The molecule has 3 atom stereocenters. The monoisotopic (exact) mass is 230 g/mol. The summed E-state index contributed by atoms with van der Waals surface area (Å²) in [6.07, 6.45) is -1.38. The summed E-state index contributed by atoms with van der Waals surface area (Å²) >= 11 is 0. The first-order chi connectivity index (χ1) is 7.50. The number of aliphatic hydroxyl groups excluding tert-OH is 1. The Labute approximate surface area is 89.3 Å². The molecule has 2 rings (SSSR count). The second-order valence-corrected chi connectivity index (χ2v) is 3.72. The number of hydrogen-bond donors (Lipinski definition) is 2. The number of aliphatic hydroxyl groups is 1. The molecule has 0 radical (unpaired) electrons. The quantitative estimate of drug-likeness (QED) is 0.671. The van der Waals surface area contributed by atoms with Crippen LogP contribution < -0.4 is 11.2 Å². The molecule has 0 aliphatic carbocycles. The topological polar surface area (TPSA) is 84.3 Å². The van der Waals surface area contributed by atoms with Gasteiger partial charge in [0.2, 0.25) is 5.82 Å². The first-order valence-corrected chi connectivity index (χ1v) is 4.84. The predicted octanol–water partition coefficient (Wildman–Crippen LogP) is -0.656. The molecule has 1 aliphatic heterocycles. The molecule has 1 aromatic rings. The molecule has 1 unspecified atom stereocenters. The SMILES string of the molecule is C[C@H]1OC(n2c(=O)[nH]cc(F)c2=O)C[C@@H]1O. The van der Waals surface area contributed by atoms with Crippen LogP contribution in [0.4, 0.5) is 4.39 Å². The third-order valence-corrected chi connectivity index (χ3v) is 2.61. The number of nitrogens with one attached hydrogen (secondary N) is 1. The van der Waals surface area contributed by atoms with Crippen LogP contribution >= 0.6 is 0 Å². The Morgan fingerprint density at radius 1 is 1.62 bits per heavy atom. The fourth-order valence-corrected chi connectivity index (χ4v) is 1.68. The van der Waals surface area contributed by atoms with Crippen LogP contribution in [-0.2, 0) is 4.74 Å². The lowest BCUT2D eigenvalue weighted by atomic mass is 10.2. The van der Waals surface area contributed by atoms with Crippen LogP contribution in [0.5, 0.6) is 0 Å². The molecule has 0 bridgehead atoms. The van der Waals surface area contributed by atoms with Gasteiger partial charge in [0, 0.05) is 12.6 Å². The highest BCUT2D eigenvalue weighted by atomic mass is 19.1. The van der Waals surface area contributed by atoms with Crippen molar-refractivity contribution in [2.45, 2.75) is 31.8 Å². The van der Waals surface area contributed by atoms with Crippen LogP contribution in [0, 0.1) is 5.82 Å². The Kier molecular flexibility index (Phi) is 2.64. The zero-order valence-corrected chi connectivity index (χ0v) is 8.51. The highest BCUT2D eigenvalue weighted by Crippen LogP contribution is 2.26. The van der Waals surface area contributed by atoms with E-state index in [0.717, 1.165) is 0 Å². The Morgan fingerprint density at radius 3 is 2.88 bits per heavy atom. The van der Waals surface area contributed by atoms with E-state index in [2.05, 4.69) is 4.98 Å². The predicted molar refractivity (Wildman–Crippen MR) is 51.5 cm³/mol. The smallest absolute Gasteiger partial charge is 0.330 e. The van der Waals surface area contributed by atoms with E-state index in [-0.39, 0.29) is 6.42 Å². The normalized spacial score (nSPS) is 29.6. The molecule has 2 heterocycles. The van der Waals surface area contributed by atoms with Crippen LogP contribution in [0.25, 0.3) is 0 Å². The molecule has 7 heteroatoms. The van der Waals surface area contributed by atoms with Gasteiger partial charge in [-0.2, -0.15) is 4.39 Å². The summed E-state index contributed by atoms with van der Waals surface area (Å²) in [5.41, 5.74) is -1.80. The van der Waals surface area contributed by atoms with Gasteiger partial charge in [-0.15, -0.1) is 0 Å². The van der Waals surface area contributed by atoms with Gasteiger partial charge in [0.05, 0.1) is 12.2 Å². The molecular weight excluding hydrogens is 219 g/mol. The van der Waals surface area contributed by atoms with E-state index in [9.17, 15) is 19.1 Å². The summed E-state index contributed by atoms with van der Waals surface area (Å²) < 4.78 is 18.8. The number of nitrogens with zero attached hydrogens (tertiary/aromatic N) is 1. The van der Waals surface area contributed by atoms with Crippen molar-refractivity contribution in [2.75, 3.05) is 0 Å². The molecule has 1 aliphatic rings. The molecule has 1 fully saturated rings. The van der Waals surface area contributed by atoms with E-state index < -0.39 is 35.5 Å². The average molecular weight is 230 g/mol. The lowest BCUT2D eigenvalue weighted by molar-refractivity contribution is -0.0120. The van der Waals surface area contributed by atoms with Gasteiger partial charge in [-0.25, -0.2) is 9.36 Å². The van der Waals surface area contributed by atoms with Crippen molar-refractivity contribution < 1.29 is 14.2 Å². The van der Waals surface area contributed by atoms with E-state index in [1.54, 1.807) is 6.92 Å². The molecule has 0 saturated carbocycles. The van der Waals surface area contributed by atoms with Crippen molar-refractivity contribution in [1.82, 2.24) is 9.55 Å². The zero-order chi connectivity index (χ0) is 11.9. The molecular formula is C9H11FN2O4. The number of H-pyrrole nitrogens is 1. The largest absolute Gasteiger partial charge is 0.390 e. The van der Waals surface area contributed by atoms with Crippen molar-refractivity contribution in [3.8, 4) is 0 Å². The molecule has 88 valence electrons. The summed E-state index contributed by atoms with van der Waals surface area (Å²) in [4.78, 5) is 24.9. The lowest BCUT2D eigenvalue weighted by Gasteiger charge is -2.12. The Morgan fingerprint density at radius 2 is 2.31 bits per heavy atom. The molecule has 0 aromatic carbocycles. The van der Waals surface area contributed by atoms with Gasteiger partial charge in [0.15, 0.2) is 0 Å². The Hall–Kier alpha value is -1.47. The number of rotatable bonds is 1. The minimum absolute atomic E-state index is 0.0909. The van der Waals surface area contributed by atoms with Crippen LogP contribution in [-0.4, -0.2) is 26.9 Å². The number of aromatic amines is 1. The number of halogens is 1. The van der Waals surface area contributed by atoms with Gasteiger partial charge >= 0.3 is 5.69 Å². The summed E-state index contributed by atoms with van der Waals surface area (Å²) in [6, 6.07) is 0. The Bertz CT molecular complexity index is 499. The summed E-state index contributed by atoms with van der Waals surface area (Å²) in [7, 11) is 0. The molecule has 2 N–H and O–H groups in total. The first kappa shape index (κ1) is 11.0. The highest BCUT2D eigenvalue weighted by molar-refractivity contribution is 4.90. The second-order valence-electron chi connectivity index (χ2n) is 3.72. The van der Waals surface area contributed by atoms with Crippen LogP contribution in [0.1, 0.15) is 19.6 Å². The number of ether oxygens (including phenoxy) is 1. The van der Waals surface area contributed by atoms with Gasteiger partial charge in [-0.3, -0.25) is 4.79 Å². The standard InChI is InChI=1S/C9H11FN2O4/c1-4-6(13)2-7(16-4)12-8(14)5(10)3-11-9(12)15/h3-4,6-7,13H,2H2,1H3,(H,11,15)/t4-,6+,7?/m1/s1. The minimum atomic E-state index is -1.06. The molecule has 1 saturated heterocycles. The van der Waals surface area contributed by atoms with Gasteiger partial charge in [-0.05, 0) is 6.92 Å². The van der Waals surface area contributed by atoms with Crippen LogP contribution in [0.15, 0.2) is 15.8 Å². The van der Waals surface area contributed by atoms with Gasteiger partial charge in [-0.1, -0.05) is 0 Å². The van der Waals surface area contributed by atoms with Gasteiger partial charge < -0.3 is 14.8 Å². The maximum Gasteiger partial charge on any atom is 0.330 e. The van der Waals surface area contributed by atoms with Crippen molar-refractivity contribution in [2.24, 2.45) is 0 Å². The molecule has 0 spiro atoms. The van der Waals surface area contributed by atoms with Gasteiger partial charge in [0.25, 0.3) is 5.56 Å². The fourth-order valence-electron chi connectivity index (χ4n) is 1.68. The molecule has 16 heavy (non-hydrogen) atoms. The highest BCUT2D eigenvalue weighted by Gasteiger charge is 2.33. The first-order valence-electron chi connectivity index (χ1n) is 4.84. The van der Waals surface area contributed by atoms with Crippen molar-refractivity contribution in [1.29, 1.82) is 0 Å². The van der Waals surface area contributed by atoms with Crippen molar-refractivity contribution in [3.05, 3.63) is 32.9 Å². The molecule has 0 amide bonds. The third kappa shape index (κ3) is 1.68. The molecule has 6 nitrogen and oxygen atoms in total. The Balaban J connectivity index is 2.46. The van der Waals surface area contributed by atoms with Crippen molar-refractivity contribution >= 4 is 0 Å². The zero-order valence-electron chi connectivity index (χ0n) is 8.51. The van der Waals surface area contributed by atoms with E-state index in [0.29, 0.717) is 10.8 Å². The summed E-state index contributed by atoms with van der Waals surface area (Å²) in [5, 5.41) is 9.43. The summed E-state index contributed by atoms with van der Waals surface area (Å²) in [5.74, 6) is -1.06.